The number of benzene rings is 1. The number of methoxy groups -OCH3 is 1. The Morgan fingerprint density at radius 2 is 1.87 bits per heavy atom. The van der Waals surface area contributed by atoms with Gasteiger partial charge in [-0.2, -0.15) is 0 Å². The summed E-state index contributed by atoms with van der Waals surface area (Å²) in [6, 6.07) is 6.83. The standard InChI is InChI=1S/C18H27NO4/c1-4-6-11-19(5-2)13-15(12-17(20)21)18(22)14-7-9-16(23-3)10-8-14/h7-10,15H,4-6,11-13H2,1-3H3,(H,20,21). The highest BCUT2D eigenvalue weighted by Crippen LogP contribution is 2.18. The Kier molecular flexibility index (Phi) is 8.33. The zero-order valence-electron chi connectivity index (χ0n) is 14.2. The molecule has 128 valence electrons. The Labute approximate surface area is 138 Å². The number of hydrogen-bond acceptors (Lipinski definition) is 4. The fourth-order valence-corrected chi connectivity index (χ4v) is 2.51. The number of aliphatic carboxylic acids is 1. The van der Waals surface area contributed by atoms with Crippen molar-refractivity contribution in [3.63, 3.8) is 0 Å². The molecule has 0 aliphatic carbocycles. The number of rotatable bonds is 11. The van der Waals surface area contributed by atoms with Crippen molar-refractivity contribution in [1.29, 1.82) is 0 Å². The van der Waals surface area contributed by atoms with Gasteiger partial charge in [0.1, 0.15) is 5.75 Å². The molecule has 1 aromatic rings. The molecule has 0 saturated heterocycles. The minimum Gasteiger partial charge on any atom is -0.497 e. The summed E-state index contributed by atoms with van der Waals surface area (Å²) in [5, 5.41) is 9.13. The number of Topliss-reactive ketones (excluding diaryl/α,β-unsaturated/α-hetero) is 1. The molecule has 0 fully saturated rings. The average Bonchev–Trinajstić information content (AvgIpc) is 2.56. The molecule has 0 aliphatic heterocycles. The molecule has 0 amide bonds. The first kappa shape index (κ1) is 19.2. The van der Waals surface area contributed by atoms with Crippen LogP contribution in [0.15, 0.2) is 24.3 Å². The molecule has 5 nitrogen and oxygen atoms in total. The molecule has 1 aromatic carbocycles. The van der Waals surface area contributed by atoms with Crippen LogP contribution in [-0.2, 0) is 4.79 Å². The van der Waals surface area contributed by atoms with Gasteiger partial charge in [0, 0.05) is 18.0 Å². The lowest BCUT2D eigenvalue weighted by molar-refractivity contribution is -0.137. The van der Waals surface area contributed by atoms with Crippen LogP contribution in [0.3, 0.4) is 0 Å². The summed E-state index contributed by atoms with van der Waals surface area (Å²) >= 11 is 0. The minimum absolute atomic E-state index is 0.120. The fraction of sp³-hybridized carbons (Fsp3) is 0.556. The largest absolute Gasteiger partial charge is 0.497 e. The second kappa shape index (κ2) is 10.0. The lowest BCUT2D eigenvalue weighted by atomic mass is 9.93. The number of carboxylic acid groups (broad SMARTS) is 1. The third-order valence-corrected chi connectivity index (χ3v) is 3.92. The molecule has 0 spiro atoms. The maximum Gasteiger partial charge on any atom is 0.304 e. The average molecular weight is 321 g/mol. The summed E-state index contributed by atoms with van der Waals surface area (Å²) in [6.45, 7) is 6.33. The third-order valence-electron chi connectivity index (χ3n) is 3.92. The predicted molar refractivity (Wildman–Crippen MR) is 90.1 cm³/mol. The zero-order chi connectivity index (χ0) is 17.2. The summed E-state index contributed by atoms with van der Waals surface area (Å²) in [4.78, 5) is 26.0. The summed E-state index contributed by atoms with van der Waals surface area (Å²) in [5.41, 5.74) is 0.531. The number of ketones is 1. The molecule has 1 atom stereocenters. The number of carbonyl (C=O) groups excluding carboxylic acids is 1. The highest BCUT2D eigenvalue weighted by Gasteiger charge is 2.25. The van der Waals surface area contributed by atoms with Gasteiger partial charge in [-0.25, -0.2) is 0 Å². The van der Waals surface area contributed by atoms with E-state index in [1.165, 1.54) is 0 Å². The third kappa shape index (κ3) is 6.40. The summed E-state index contributed by atoms with van der Waals surface area (Å²) < 4.78 is 5.09. The van der Waals surface area contributed by atoms with Crippen LogP contribution in [-0.4, -0.2) is 48.5 Å². The molecule has 0 heterocycles. The molecular weight excluding hydrogens is 294 g/mol. The van der Waals surface area contributed by atoms with E-state index in [1.807, 2.05) is 6.92 Å². The summed E-state index contributed by atoms with van der Waals surface area (Å²) in [5.74, 6) is -0.916. The smallest absolute Gasteiger partial charge is 0.304 e. The predicted octanol–water partition coefficient (Wildman–Crippen LogP) is 3.09. The van der Waals surface area contributed by atoms with Gasteiger partial charge in [0.25, 0.3) is 0 Å². The van der Waals surface area contributed by atoms with E-state index in [4.69, 9.17) is 9.84 Å². The first-order chi connectivity index (χ1) is 11.0. The lowest BCUT2D eigenvalue weighted by Gasteiger charge is -2.25. The van der Waals surface area contributed by atoms with Crippen molar-refractivity contribution < 1.29 is 19.4 Å². The van der Waals surface area contributed by atoms with E-state index < -0.39 is 11.9 Å². The van der Waals surface area contributed by atoms with Crippen molar-refractivity contribution in [3.8, 4) is 5.75 Å². The SMILES string of the molecule is CCCCN(CC)CC(CC(=O)O)C(=O)c1ccc(OC)cc1. The van der Waals surface area contributed by atoms with Gasteiger partial charge < -0.3 is 14.7 Å². The second-order valence-electron chi connectivity index (χ2n) is 5.63. The van der Waals surface area contributed by atoms with Crippen LogP contribution in [0.25, 0.3) is 0 Å². The molecule has 1 rings (SSSR count). The first-order valence-electron chi connectivity index (χ1n) is 8.14. The minimum atomic E-state index is -0.941. The molecule has 0 radical (unpaired) electrons. The number of nitrogens with zero attached hydrogens (tertiary/aromatic N) is 1. The van der Waals surface area contributed by atoms with Crippen LogP contribution in [0.1, 0.15) is 43.5 Å². The number of ether oxygens (including phenoxy) is 1. The lowest BCUT2D eigenvalue weighted by Crippen LogP contribution is -2.35. The van der Waals surface area contributed by atoms with Crippen molar-refractivity contribution in [2.75, 3.05) is 26.7 Å². The van der Waals surface area contributed by atoms with Gasteiger partial charge in [0.15, 0.2) is 5.78 Å². The van der Waals surface area contributed by atoms with E-state index in [0.29, 0.717) is 17.9 Å². The van der Waals surface area contributed by atoms with Gasteiger partial charge in [-0.15, -0.1) is 0 Å². The molecule has 1 unspecified atom stereocenters. The Bertz CT molecular complexity index is 498. The molecular formula is C18H27NO4. The van der Waals surface area contributed by atoms with Crippen molar-refractivity contribution in [2.45, 2.75) is 33.1 Å². The van der Waals surface area contributed by atoms with Crippen LogP contribution in [0.4, 0.5) is 0 Å². The maximum absolute atomic E-state index is 12.7. The van der Waals surface area contributed by atoms with Gasteiger partial charge in [-0.05, 0) is 43.8 Å². The van der Waals surface area contributed by atoms with Gasteiger partial charge in [-0.3, -0.25) is 9.59 Å². The van der Waals surface area contributed by atoms with Gasteiger partial charge in [0.05, 0.1) is 13.5 Å². The van der Waals surface area contributed by atoms with E-state index in [-0.39, 0.29) is 12.2 Å². The van der Waals surface area contributed by atoms with Gasteiger partial charge in [-0.1, -0.05) is 20.3 Å². The number of unbranched alkanes of at least 4 members (excludes halogenated alkanes) is 1. The molecule has 23 heavy (non-hydrogen) atoms. The fourth-order valence-electron chi connectivity index (χ4n) is 2.51. The first-order valence-corrected chi connectivity index (χ1v) is 8.14. The van der Waals surface area contributed by atoms with Gasteiger partial charge in [0.2, 0.25) is 0 Å². The molecule has 0 bridgehead atoms. The molecule has 5 heteroatoms. The van der Waals surface area contributed by atoms with Crippen LogP contribution in [0.5, 0.6) is 5.75 Å². The normalized spacial score (nSPS) is 12.2. The van der Waals surface area contributed by atoms with Crippen molar-refractivity contribution >= 4 is 11.8 Å². The number of carbonyl (C=O) groups is 2. The monoisotopic (exact) mass is 321 g/mol. The number of hydrogen-bond donors (Lipinski definition) is 1. The van der Waals surface area contributed by atoms with Crippen molar-refractivity contribution in [1.82, 2.24) is 4.90 Å². The molecule has 0 aliphatic rings. The Hall–Kier alpha value is -1.88. The van der Waals surface area contributed by atoms with E-state index >= 15 is 0 Å². The topological polar surface area (TPSA) is 66.8 Å². The Morgan fingerprint density at radius 1 is 1.22 bits per heavy atom. The Balaban J connectivity index is 2.85. The summed E-state index contributed by atoms with van der Waals surface area (Å²) in [6.07, 6.45) is 1.98. The second-order valence-corrected chi connectivity index (χ2v) is 5.63. The molecule has 0 aromatic heterocycles. The highest BCUT2D eigenvalue weighted by molar-refractivity contribution is 5.99. The maximum atomic E-state index is 12.7. The zero-order valence-corrected chi connectivity index (χ0v) is 14.2. The van der Waals surface area contributed by atoms with Crippen LogP contribution in [0, 0.1) is 5.92 Å². The van der Waals surface area contributed by atoms with E-state index in [1.54, 1.807) is 31.4 Å². The highest BCUT2D eigenvalue weighted by atomic mass is 16.5. The molecule has 0 saturated carbocycles. The van der Waals surface area contributed by atoms with Crippen LogP contribution < -0.4 is 4.74 Å². The quantitative estimate of drug-likeness (QED) is 0.634. The van der Waals surface area contributed by atoms with Crippen LogP contribution >= 0.6 is 0 Å². The summed E-state index contributed by atoms with van der Waals surface area (Å²) in [7, 11) is 1.57. The van der Waals surface area contributed by atoms with E-state index in [0.717, 1.165) is 25.9 Å². The number of carboxylic acids is 1. The molecule has 1 N–H and O–H groups in total. The van der Waals surface area contributed by atoms with E-state index in [2.05, 4.69) is 11.8 Å². The Morgan fingerprint density at radius 3 is 2.35 bits per heavy atom. The van der Waals surface area contributed by atoms with Crippen molar-refractivity contribution in [3.05, 3.63) is 29.8 Å². The van der Waals surface area contributed by atoms with Crippen LogP contribution in [0.2, 0.25) is 0 Å². The van der Waals surface area contributed by atoms with E-state index in [9.17, 15) is 9.59 Å². The van der Waals surface area contributed by atoms with Crippen molar-refractivity contribution in [2.24, 2.45) is 5.92 Å². The van der Waals surface area contributed by atoms with Gasteiger partial charge >= 0.3 is 5.97 Å².